The molecule has 0 saturated heterocycles. The summed E-state index contributed by atoms with van der Waals surface area (Å²) >= 11 is 0. The molecule has 104 valence electrons. The fourth-order valence-corrected chi connectivity index (χ4v) is 2.58. The van der Waals surface area contributed by atoms with E-state index in [2.05, 4.69) is 19.9 Å². The summed E-state index contributed by atoms with van der Waals surface area (Å²) in [6.07, 6.45) is 4.28. The Bertz CT molecular complexity index is 622. The van der Waals surface area contributed by atoms with Gasteiger partial charge in [0, 0.05) is 55.3 Å². The van der Waals surface area contributed by atoms with Crippen LogP contribution in [0.3, 0.4) is 0 Å². The van der Waals surface area contributed by atoms with Crippen LogP contribution in [0.4, 0.5) is 4.39 Å². The normalized spacial score (nSPS) is 15.2. The number of aryl methyl sites for hydroxylation is 2. The number of hydrogen-bond donors (Lipinski definition) is 0. The first-order valence-corrected chi connectivity index (χ1v) is 6.77. The van der Waals surface area contributed by atoms with E-state index >= 15 is 0 Å². The van der Waals surface area contributed by atoms with Crippen molar-refractivity contribution in [2.75, 3.05) is 6.54 Å². The lowest BCUT2D eigenvalue weighted by Gasteiger charge is -2.28. The lowest BCUT2D eigenvalue weighted by molar-refractivity contribution is 0.238. The molecule has 2 aromatic heterocycles. The molecule has 0 amide bonds. The van der Waals surface area contributed by atoms with Gasteiger partial charge < -0.3 is 0 Å². The number of hydrogen-bond acceptors (Lipinski definition) is 4. The molecule has 0 spiro atoms. The molecule has 4 nitrogen and oxygen atoms in total. The third-order valence-corrected chi connectivity index (χ3v) is 3.75. The summed E-state index contributed by atoms with van der Waals surface area (Å²) in [7, 11) is 0. The monoisotopic (exact) mass is 272 g/mol. The minimum atomic E-state index is -0.365. The predicted octanol–water partition coefficient (Wildman–Crippen LogP) is 2.19. The molecule has 20 heavy (non-hydrogen) atoms. The lowest BCUT2D eigenvalue weighted by atomic mass is 10.1. The van der Waals surface area contributed by atoms with Crippen molar-refractivity contribution in [3.8, 4) is 0 Å². The molecule has 0 fully saturated rings. The summed E-state index contributed by atoms with van der Waals surface area (Å²) in [5, 5.41) is 0. The Balaban J connectivity index is 1.79. The smallest absolute Gasteiger partial charge is 0.217 e. The van der Waals surface area contributed by atoms with Gasteiger partial charge in [0.1, 0.15) is 5.82 Å². The van der Waals surface area contributed by atoms with Crippen molar-refractivity contribution < 1.29 is 4.39 Å². The third-order valence-electron chi connectivity index (χ3n) is 3.75. The standard InChI is InChI=1S/C15H17FN4/c1-10-3-5-17-15(16)13(10)9-20-6-4-14-12(8-20)7-18-11(2)19-14/h3,5,7H,4,6,8-9H2,1-2H3. The van der Waals surface area contributed by atoms with Crippen LogP contribution < -0.4 is 0 Å². The number of rotatable bonds is 2. The van der Waals surface area contributed by atoms with Crippen LogP contribution in [0.2, 0.25) is 0 Å². The van der Waals surface area contributed by atoms with Gasteiger partial charge in [-0.25, -0.2) is 15.0 Å². The van der Waals surface area contributed by atoms with Gasteiger partial charge in [-0.2, -0.15) is 4.39 Å². The van der Waals surface area contributed by atoms with E-state index in [0.717, 1.165) is 42.2 Å². The van der Waals surface area contributed by atoms with E-state index in [0.29, 0.717) is 12.1 Å². The maximum Gasteiger partial charge on any atom is 0.217 e. The molecule has 0 atom stereocenters. The molecule has 0 bridgehead atoms. The topological polar surface area (TPSA) is 41.9 Å². The second kappa shape index (κ2) is 5.25. The van der Waals surface area contributed by atoms with E-state index < -0.39 is 0 Å². The Hall–Kier alpha value is -1.88. The first-order valence-electron chi connectivity index (χ1n) is 6.77. The summed E-state index contributed by atoms with van der Waals surface area (Å²) in [5.41, 5.74) is 3.90. The second-order valence-corrected chi connectivity index (χ2v) is 5.25. The van der Waals surface area contributed by atoms with Crippen LogP contribution in [0, 0.1) is 19.8 Å². The Morgan fingerprint density at radius 1 is 1.30 bits per heavy atom. The molecule has 0 N–H and O–H groups in total. The molecule has 0 aliphatic carbocycles. The highest BCUT2D eigenvalue weighted by molar-refractivity contribution is 5.24. The minimum absolute atomic E-state index is 0.365. The van der Waals surface area contributed by atoms with Crippen LogP contribution in [0.5, 0.6) is 0 Å². The summed E-state index contributed by atoms with van der Waals surface area (Å²) in [5.74, 6) is 0.447. The molecule has 2 aromatic rings. The van der Waals surface area contributed by atoms with Gasteiger partial charge >= 0.3 is 0 Å². The van der Waals surface area contributed by atoms with Gasteiger partial charge in [0.2, 0.25) is 5.95 Å². The van der Waals surface area contributed by atoms with Gasteiger partial charge in [-0.15, -0.1) is 0 Å². The van der Waals surface area contributed by atoms with Crippen molar-refractivity contribution in [2.45, 2.75) is 33.4 Å². The highest BCUT2D eigenvalue weighted by Crippen LogP contribution is 2.20. The summed E-state index contributed by atoms with van der Waals surface area (Å²) in [6.45, 7) is 6.06. The van der Waals surface area contributed by atoms with Crippen LogP contribution >= 0.6 is 0 Å². The van der Waals surface area contributed by atoms with Crippen LogP contribution in [0.15, 0.2) is 18.5 Å². The van der Waals surface area contributed by atoms with Crippen molar-refractivity contribution in [3.05, 3.63) is 52.6 Å². The zero-order valence-corrected chi connectivity index (χ0v) is 11.7. The molecule has 3 heterocycles. The molecule has 3 rings (SSSR count). The molecular weight excluding hydrogens is 255 g/mol. The number of pyridine rings is 1. The molecule has 0 saturated carbocycles. The average Bonchev–Trinajstić information content (AvgIpc) is 2.43. The SMILES string of the molecule is Cc1ncc2c(n1)CCN(Cc1c(C)ccnc1F)C2. The van der Waals surface area contributed by atoms with Crippen molar-refractivity contribution in [3.63, 3.8) is 0 Å². The van der Waals surface area contributed by atoms with Gasteiger partial charge in [-0.3, -0.25) is 4.90 Å². The Labute approximate surface area is 117 Å². The molecule has 0 unspecified atom stereocenters. The molecule has 5 heteroatoms. The fourth-order valence-electron chi connectivity index (χ4n) is 2.58. The van der Waals surface area contributed by atoms with E-state index in [4.69, 9.17) is 0 Å². The fraction of sp³-hybridized carbons (Fsp3) is 0.400. The molecule has 1 aliphatic heterocycles. The van der Waals surface area contributed by atoms with Crippen molar-refractivity contribution in [2.24, 2.45) is 0 Å². The zero-order valence-electron chi connectivity index (χ0n) is 11.7. The number of halogens is 1. The van der Waals surface area contributed by atoms with Crippen molar-refractivity contribution >= 4 is 0 Å². The molecule has 1 aliphatic rings. The first kappa shape index (κ1) is 13.1. The van der Waals surface area contributed by atoms with Crippen LogP contribution in [0.1, 0.15) is 28.2 Å². The molecule has 0 aromatic carbocycles. The largest absolute Gasteiger partial charge is 0.294 e. The van der Waals surface area contributed by atoms with Gasteiger partial charge in [0.15, 0.2) is 0 Å². The maximum absolute atomic E-state index is 13.8. The molecular formula is C15H17FN4. The summed E-state index contributed by atoms with van der Waals surface area (Å²) in [6, 6.07) is 1.85. The van der Waals surface area contributed by atoms with Crippen LogP contribution in [-0.2, 0) is 19.5 Å². The summed E-state index contributed by atoms with van der Waals surface area (Å²) in [4.78, 5) is 14.7. The number of nitrogens with zero attached hydrogens (tertiary/aromatic N) is 4. The van der Waals surface area contributed by atoms with E-state index in [9.17, 15) is 4.39 Å². The van der Waals surface area contributed by atoms with Gasteiger partial charge in [0.25, 0.3) is 0 Å². The van der Waals surface area contributed by atoms with Crippen LogP contribution in [-0.4, -0.2) is 26.4 Å². The average molecular weight is 272 g/mol. The van der Waals surface area contributed by atoms with E-state index in [1.165, 1.54) is 6.20 Å². The van der Waals surface area contributed by atoms with Gasteiger partial charge in [0.05, 0.1) is 0 Å². The van der Waals surface area contributed by atoms with Gasteiger partial charge in [-0.1, -0.05) is 0 Å². The van der Waals surface area contributed by atoms with Crippen molar-refractivity contribution in [1.29, 1.82) is 0 Å². The number of fused-ring (bicyclic) bond motifs is 1. The van der Waals surface area contributed by atoms with Crippen LogP contribution in [0.25, 0.3) is 0 Å². The van der Waals surface area contributed by atoms with E-state index in [1.54, 1.807) is 0 Å². The first-order chi connectivity index (χ1) is 9.63. The minimum Gasteiger partial charge on any atom is -0.294 e. The lowest BCUT2D eigenvalue weighted by Crippen LogP contribution is -2.31. The quantitative estimate of drug-likeness (QED) is 0.786. The van der Waals surface area contributed by atoms with E-state index in [1.807, 2.05) is 26.1 Å². The van der Waals surface area contributed by atoms with Gasteiger partial charge in [-0.05, 0) is 25.5 Å². The Morgan fingerprint density at radius 3 is 2.95 bits per heavy atom. The third kappa shape index (κ3) is 2.54. The second-order valence-electron chi connectivity index (χ2n) is 5.25. The Kier molecular flexibility index (Phi) is 3.44. The van der Waals surface area contributed by atoms with Crippen molar-refractivity contribution in [1.82, 2.24) is 19.9 Å². The Morgan fingerprint density at radius 2 is 2.15 bits per heavy atom. The summed E-state index contributed by atoms with van der Waals surface area (Å²) < 4.78 is 13.8. The molecule has 0 radical (unpaired) electrons. The highest BCUT2D eigenvalue weighted by Gasteiger charge is 2.20. The van der Waals surface area contributed by atoms with E-state index in [-0.39, 0.29) is 5.95 Å². The number of aromatic nitrogens is 3. The predicted molar refractivity (Wildman–Crippen MR) is 73.5 cm³/mol. The highest BCUT2D eigenvalue weighted by atomic mass is 19.1. The zero-order chi connectivity index (χ0) is 14.1. The maximum atomic E-state index is 13.8.